The number of rotatable bonds is 5. The van der Waals surface area contributed by atoms with Crippen LogP contribution in [-0.4, -0.2) is 38.6 Å². The molecule has 5 rings (SSSR count). The molecule has 36 heavy (non-hydrogen) atoms. The van der Waals surface area contributed by atoms with Crippen molar-refractivity contribution in [3.8, 4) is 0 Å². The molecule has 3 heterocycles. The molecule has 10 heteroatoms. The predicted octanol–water partition coefficient (Wildman–Crippen LogP) is 4.45. The van der Waals surface area contributed by atoms with E-state index in [2.05, 4.69) is 10.3 Å². The molecular weight excluding hydrogens is 505 g/mol. The predicted molar refractivity (Wildman–Crippen MR) is 134 cm³/mol. The molecule has 1 aromatic heterocycles. The number of amides is 1. The lowest BCUT2D eigenvalue weighted by Gasteiger charge is -2.39. The zero-order valence-electron chi connectivity index (χ0n) is 19.6. The van der Waals surface area contributed by atoms with Gasteiger partial charge in [-0.3, -0.25) is 14.1 Å². The third-order valence-corrected chi connectivity index (χ3v) is 9.43. The van der Waals surface area contributed by atoms with Gasteiger partial charge in [0.1, 0.15) is 5.82 Å². The number of carbonyl (C=O) groups excluding carboxylic acids is 1. The van der Waals surface area contributed by atoms with Crippen molar-refractivity contribution in [2.75, 3.05) is 17.5 Å². The van der Waals surface area contributed by atoms with Gasteiger partial charge < -0.3 is 10.1 Å². The number of nitrogens with zero attached hydrogens (tertiary/aromatic N) is 2. The Bertz CT molecular complexity index is 1410. The molecule has 0 bridgehead atoms. The van der Waals surface area contributed by atoms with Crippen LogP contribution in [0, 0.1) is 5.82 Å². The number of hydrogen-bond donors (Lipinski definition) is 1. The molecular formula is C26H25ClFN3O4S. The Morgan fingerprint density at radius 1 is 1.19 bits per heavy atom. The fraction of sp³-hybridized carbons (Fsp3) is 0.308. The van der Waals surface area contributed by atoms with E-state index in [9.17, 15) is 17.6 Å². The zero-order valence-corrected chi connectivity index (χ0v) is 21.2. The Kier molecular flexibility index (Phi) is 6.48. The smallest absolute Gasteiger partial charge is 0.264 e. The maximum atomic E-state index is 13.7. The molecule has 0 radical (unpaired) electrons. The van der Waals surface area contributed by atoms with Crippen LogP contribution in [0.25, 0.3) is 0 Å². The van der Waals surface area contributed by atoms with Gasteiger partial charge in [0.15, 0.2) is 0 Å². The molecule has 0 saturated carbocycles. The molecule has 0 aliphatic carbocycles. The fourth-order valence-corrected chi connectivity index (χ4v) is 7.15. The topological polar surface area (TPSA) is 88.6 Å². The van der Waals surface area contributed by atoms with Gasteiger partial charge in [-0.25, -0.2) is 12.8 Å². The van der Waals surface area contributed by atoms with Crippen LogP contribution in [0.4, 0.5) is 10.1 Å². The molecule has 7 nitrogen and oxygen atoms in total. The average molecular weight is 530 g/mol. The highest BCUT2D eigenvalue weighted by atomic mass is 35.5. The summed E-state index contributed by atoms with van der Waals surface area (Å²) in [6.45, 7) is 3.02. The molecule has 1 amide bonds. The Morgan fingerprint density at radius 3 is 2.61 bits per heavy atom. The van der Waals surface area contributed by atoms with E-state index < -0.39 is 27.3 Å². The number of sulfonamides is 1. The van der Waals surface area contributed by atoms with Crippen molar-refractivity contribution >= 4 is 33.2 Å². The number of pyridine rings is 1. The number of halogens is 2. The Hall–Kier alpha value is -3.01. The van der Waals surface area contributed by atoms with Crippen molar-refractivity contribution in [3.63, 3.8) is 0 Å². The number of nitrogens with one attached hydrogen (secondary N) is 1. The second kappa shape index (κ2) is 9.46. The monoisotopic (exact) mass is 529 g/mol. The zero-order chi connectivity index (χ0) is 25.5. The van der Waals surface area contributed by atoms with E-state index in [1.54, 1.807) is 36.5 Å². The summed E-state index contributed by atoms with van der Waals surface area (Å²) in [4.78, 5) is 17.2. The summed E-state index contributed by atoms with van der Waals surface area (Å²) >= 11 is 6.15. The molecule has 1 fully saturated rings. The third kappa shape index (κ3) is 4.15. The lowest BCUT2D eigenvalue weighted by atomic mass is 9.71. The summed E-state index contributed by atoms with van der Waals surface area (Å²) in [7, 11) is -3.98. The van der Waals surface area contributed by atoms with Gasteiger partial charge in [0.25, 0.3) is 15.9 Å². The summed E-state index contributed by atoms with van der Waals surface area (Å²) in [5, 5.41) is 3.31. The van der Waals surface area contributed by atoms with Crippen LogP contribution in [0.3, 0.4) is 0 Å². The van der Waals surface area contributed by atoms with E-state index in [0.29, 0.717) is 48.0 Å². The molecule has 2 aliphatic rings. The molecule has 1 atom stereocenters. The number of aromatic nitrogens is 1. The van der Waals surface area contributed by atoms with Gasteiger partial charge in [-0.1, -0.05) is 11.6 Å². The van der Waals surface area contributed by atoms with Gasteiger partial charge in [0.2, 0.25) is 0 Å². The van der Waals surface area contributed by atoms with Gasteiger partial charge in [0, 0.05) is 30.4 Å². The van der Waals surface area contributed by atoms with Gasteiger partial charge in [-0.15, -0.1) is 0 Å². The highest BCUT2D eigenvalue weighted by Crippen LogP contribution is 2.52. The van der Waals surface area contributed by atoms with Crippen LogP contribution < -0.4 is 9.62 Å². The Balaban J connectivity index is 1.52. The lowest BCUT2D eigenvalue weighted by Crippen LogP contribution is -2.48. The SMILES string of the molecule is CC1N(S(=O)(=O)c2ccc(F)cc2)c2ccc(C(=O)NCc3ncccc3Cl)cc2C12CCOCC2. The van der Waals surface area contributed by atoms with Crippen molar-refractivity contribution in [2.45, 2.75) is 42.7 Å². The highest BCUT2D eigenvalue weighted by Gasteiger charge is 2.53. The molecule has 3 aromatic rings. The van der Waals surface area contributed by atoms with E-state index in [0.717, 1.165) is 17.7 Å². The second-order valence-corrected chi connectivity index (χ2v) is 11.3. The van der Waals surface area contributed by atoms with E-state index in [1.165, 1.54) is 16.4 Å². The minimum absolute atomic E-state index is 0.0138. The van der Waals surface area contributed by atoms with Crippen LogP contribution in [0.1, 0.15) is 41.4 Å². The normalized spacial score (nSPS) is 18.8. The lowest BCUT2D eigenvalue weighted by molar-refractivity contribution is 0.0465. The summed E-state index contributed by atoms with van der Waals surface area (Å²) < 4.78 is 48.0. The van der Waals surface area contributed by atoms with E-state index >= 15 is 0 Å². The van der Waals surface area contributed by atoms with Crippen LogP contribution in [-0.2, 0) is 26.7 Å². The van der Waals surface area contributed by atoms with E-state index in [4.69, 9.17) is 16.3 Å². The molecule has 1 saturated heterocycles. The van der Waals surface area contributed by atoms with Gasteiger partial charge in [-0.2, -0.15) is 0 Å². The average Bonchev–Trinajstić information content (AvgIpc) is 3.11. The maximum absolute atomic E-state index is 13.7. The van der Waals surface area contributed by atoms with E-state index in [1.807, 2.05) is 6.92 Å². The number of carbonyl (C=O) groups is 1. The Morgan fingerprint density at radius 2 is 1.92 bits per heavy atom. The maximum Gasteiger partial charge on any atom is 0.264 e. The van der Waals surface area contributed by atoms with Crippen LogP contribution in [0.15, 0.2) is 65.7 Å². The third-order valence-electron chi connectivity index (χ3n) is 7.19. The van der Waals surface area contributed by atoms with Crippen LogP contribution >= 0.6 is 11.6 Å². The van der Waals surface area contributed by atoms with Crippen molar-refractivity contribution < 1.29 is 22.3 Å². The number of ether oxygens (including phenoxy) is 1. The van der Waals surface area contributed by atoms with Crippen molar-refractivity contribution in [2.24, 2.45) is 0 Å². The number of benzene rings is 2. The first-order valence-corrected chi connectivity index (χ1v) is 13.5. The quantitative estimate of drug-likeness (QED) is 0.527. The molecule has 2 aromatic carbocycles. The van der Waals surface area contributed by atoms with Crippen LogP contribution in [0.5, 0.6) is 0 Å². The van der Waals surface area contributed by atoms with E-state index in [-0.39, 0.29) is 17.3 Å². The van der Waals surface area contributed by atoms with Crippen molar-refractivity contribution in [1.82, 2.24) is 10.3 Å². The van der Waals surface area contributed by atoms with Crippen molar-refractivity contribution in [1.29, 1.82) is 0 Å². The molecule has 188 valence electrons. The number of anilines is 1. The molecule has 1 spiro atoms. The van der Waals surface area contributed by atoms with Crippen LogP contribution in [0.2, 0.25) is 5.02 Å². The molecule has 1 N–H and O–H groups in total. The summed E-state index contributed by atoms with van der Waals surface area (Å²) in [6.07, 6.45) is 2.84. The molecule has 2 aliphatic heterocycles. The van der Waals surface area contributed by atoms with Gasteiger partial charge >= 0.3 is 0 Å². The Labute approximate surface area is 214 Å². The first-order valence-electron chi connectivity index (χ1n) is 11.6. The van der Waals surface area contributed by atoms with Gasteiger partial charge in [-0.05, 0) is 79.9 Å². The second-order valence-electron chi connectivity index (χ2n) is 9.05. The minimum atomic E-state index is -3.98. The number of fused-ring (bicyclic) bond motifs is 2. The van der Waals surface area contributed by atoms with Gasteiger partial charge in [0.05, 0.1) is 33.9 Å². The summed E-state index contributed by atoms with van der Waals surface area (Å²) in [6, 6.07) is 12.9. The first-order chi connectivity index (χ1) is 17.2. The number of hydrogen-bond acceptors (Lipinski definition) is 5. The first kappa shape index (κ1) is 24.7. The summed E-state index contributed by atoms with van der Waals surface area (Å²) in [5.41, 5.74) is 1.78. The largest absolute Gasteiger partial charge is 0.381 e. The minimum Gasteiger partial charge on any atom is -0.381 e. The standard InChI is InChI=1S/C26H25ClFN3O4S/c1-17-26(10-13-35-14-11-26)21-15-18(25(32)30-16-23-22(27)3-2-12-29-23)4-9-24(21)31(17)36(33,34)20-7-5-19(28)6-8-20/h2-9,12,15,17H,10-11,13-14,16H2,1H3,(H,30,32). The van der Waals surface area contributed by atoms with Crippen molar-refractivity contribution in [3.05, 3.63) is 88.5 Å². The highest BCUT2D eigenvalue weighted by molar-refractivity contribution is 7.92. The summed E-state index contributed by atoms with van der Waals surface area (Å²) in [5.74, 6) is -0.818. The molecule has 1 unspecified atom stereocenters. The fourth-order valence-electron chi connectivity index (χ4n) is 5.22.